The molecule has 0 saturated carbocycles. The molecule has 0 amide bonds. The van der Waals surface area contributed by atoms with Crippen LogP contribution in [0.15, 0.2) is 12.3 Å². The van der Waals surface area contributed by atoms with Gasteiger partial charge in [0.15, 0.2) is 0 Å². The topological polar surface area (TPSA) is 16.1 Å². The van der Waals surface area contributed by atoms with Gasteiger partial charge in [0.05, 0.1) is 5.02 Å². The van der Waals surface area contributed by atoms with Gasteiger partial charge in [0, 0.05) is 35.7 Å². The fraction of sp³-hybridized carbons (Fsp3) is 0.615. The first-order valence-corrected chi connectivity index (χ1v) is 8.01. The highest BCUT2D eigenvalue weighted by atomic mass is 35.5. The quantitative estimate of drug-likeness (QED) is 0.762. The summed E-state index contributed by atoms with van der Waals surface area (Å²) in [6.07, 6.45) is 2.96. The van der Waals surface area contributed by atoms with E-state index in [4.69, 9.17) is 23.2 Å². The zero-order chi connectivity index (χ0) is 13.2. The number of pyridine rings is 1. The van der Waals surface area contributed by atoms with Crippen molar-refractivity contribution in [3.63, 3.8) is 0 Å². The molecule has 1 aromatic heterocycles. The highest BCUT2D eigenvalue weighted by Gasteiger charge is 2.25. The normalized spacial score (nSPS) is 19.7. The van der Waals surface area contributed by atoms with Crippen molar-refractivity contribution in [2.45, 2.75) is 30.9 Å². The molecule has 1 aliphatic rings. The van der Waals surface area contributed by atoms with E-state index in [1.807, 2.05) is 24.0 Å². The van der Waals surface area contributed by atoms with Crippen LogP contribution in [0, 0.1) is 0 Å². The molecule has 0 bridgehead atoms. The van der Waals surface area contributed by atoms with Gasteiger partial charge in [-0.05, 0) is 18.1 Å². The second kappa shape index (κ2) is 5.89. The summed E-state index contributed by atoms with van der Waals surface area (Å²) in [5.74, 6) is 2.46. The predicted octanol–water partition coefficient (Wildman–Crippen LogP) is 4.20. The van der Waals surface area contributed by atoms with E-state index in [0.717, 1.165) is 36.6 Å². The van der Waals surface area contributed by atoms with Gasteiger partial charge in [-0.3, -0.25) is 0 Å². The lowest BCUT2D eigenvalue weighted by Gasteiger charge is -2.24. The Kier molecular flexibility index (Phi) is 4.68. The molecule has 5 heteroatoms. The summed E-state index contributed by atoms with van der Waals surface area (Å²) >= 11 is 14.1. The molecule has 18 heavy (non-hydrogen) atoms. The SMILES string of the molecule is CC1(C)CCN(c2ncc(CCl)cc2Cl)CCS1. The molecule has 0 aliphatic carbocycles. The van der Waals surface area contributed by atoms with Gasteiger partial charge >= 0.3 is 0 Å². The molecule has 1 aromatic rings. The van der Waals surface area contributed by atoms with Crippen LogP contribution in [0.5, 0.6) is 0 Å². The van der Waals surface area contributed by atoms with E-state index in [0.29, 0.717) is 15.6 Å². The van der Waals surface area contributed by atoms with Gasteiger partial charge in [0.25, 0.3) is 0 Å². The number of nitrogens with zero attached hydrogens (tertiary/aromatic N) is 2. The standard InChI is InChI=1S/C13H18Cl2N2S/c1-13(2)3-4-17(5-6-18-13)12-11(15)7-10(8-14)9-16-12/h7,9H,3-6,8H2,1-2H3. The van der Waals surface area contributed by atoms with Crippen molar-refractivity contribution in [1.82, 2.24) is 4.98 Å². The molecule has 2 rings (SSSR count). The third kappa shape index (κ3) is 3.46. The molecule has 1 saturated heterocycles. The number of aromatic nitrogens is 1. The van der Waals surface area contributed by atoms with Gasteiger partial charge < -0.3 is 4.90 Å². The van der Waals surface area contributed by atoms with Gasteiger partial charge in [0.1, 0.15) is 5.82 Å². The first-order valence-electron chi connectivity index (χ1n) is 6.11. The van der Waals surface area contributed by atoms with Gasteiger partial charge in [0.2, 0.25) is 0 Å². The summed E-state index contributed by atoms with van der Waals surface area (Å²) in [5.41, 5.74) is 0.968. The summed E-state index contributed by atoms with van der Waals surface area (Å²) in [6.45, 7) is 6.60. The first-order chi connectivity index (χ1) is 8.52. The van der Waals surface area contributed by atoms with Crippen LogP contribution in [-0.2, 0) is 5.88 Å². The van der Waals surface area contributed by atoms with Crippen molar-refractivity contribution in [2.24, 2.45) is 0 Å². The molecule has 100 valence electrons. The van der Waals surface area contributed by atoms with Gasteiger partial charge in [-0.1, -0.05) is 25.4 Å². The summed E-state index contributed by atoms with van der Waals surface area (Å²) in [6, 6.07) is 1.92. The summed E-state index contributed by atoms with van der Waals surface area (Å²) in [5, 5.41) is 0.706. The van der Waals surface area contributed by atoms with E-state index < -0.39 is 0 Å². The molecule has 0 radical (unpaired) electrons. The van der Waals surface area contributed by atoms with Gasteiger partial charge in [-0.25, -0.2) is 4.98 Å². The fourth-order valence-corrected chi connectivity index (χ4v) is 3.56. The van der Waals surface area contributed by atoms with Gasteiger partial charge in [-0.15, -0.1) is 11.6 Å². The lowest BCUT2D eigenvalue weighted by molar-refractivity contribution is 0.635. The van der Waals surface area contributed by atoms with Crippen molar-refractivity contribution in [3.05, 3.63) is 22.8 Å². The summed E-state index contributed by atoms with van der Waals surface area (Å²) in [7, 11) is 0. The van der Waals surface area contributed by atoms with Crippen molar-refractivity contribution in [2.75, 3.05) is 23.7 Å². The third-order valence-electron chi connectivity index (χ3n) is 3.17. The Hall–Kier alpha value is -0.120. The Bertz CT molecular complexity index is 423. The molecule has 0 N–H and O–H groups in total. The molecule has 2 heterocycles. The molecule has 1 fully saturated rings. The second-order valence-electron chi connectivity index (χ2n) is 5.13. The lowest BCUT2D eigenvalue weighted by atomic mass is 10.1. The molecule has 0 aromatic carbocycles. The molecular weight excluding hydrogens is 287 g/mol. The van der Waals surface area contributed by atoms with Crippen LogP contribution in [0.25, 0.3) is 0 Å². The predicted molar refractivity (Wildman–Crippen MR) is 82.2 cm³/mol. The van der Waals surface area contributed by atoms with Crippen LogP contribution in [-0.4, -0.2) is 28.6 Å². The largest absolute Gasteiger partial charge is 0.355 e. The number of thioether (sulfide) groups is 1. The zero-order valence-corrected chi connectivity index (χ0v) is 13.1. The molecule has 0 spiro atoms. The average Bonchev–Trinajstić information content (AvgIpc) is 2.50. The van der Waals surface area contributed by atoms with Crippen molar-refractivity contribution < 1.29 is 0 Å². The van der Waals surface area contributed by atoms with E-state index in [1.54, 1.807) is 0 Å². The number of rotatable bonds is 2. The minimum Gasteiger partial charge on any atom is -0.355 e. The molecule has 0 unspecified atom stereocenters. The van der Waals surface area contributed by atoms with E-state index in [2.05, 4.69) is 23.7 Å². The van der Waals surface area contributed by atoms with Crippen LogP contribution in [0.3, 0.4) is 0 Å². The van der Waals surface area contributed by atoms with Crippen molar-refractivity contribution in [1.29, 1.82) is 0 Å². The number of halogens is 2. The maximum Gasteiger partial charge on any atom is 0.147 e. The number of hydrogen-bond donors (Lipinski definition) is 0. The first kappa shape index (κ1) is 14.3. The second-order valence-corrected chi connectivity index (χ2v) is 7.60. The highest BCUT2D eigenvalue weighted by Crippen LogP contribution is 2.33. The Morgan fingerprint density at radius 3 is 2.89 bits per heavy atom. The third-order valence-corrected chi connectivity index (χ3v) is 5.13. The Morgan fingerprint density at radius 1 is 1.44 bits per heavy atom. The van der Waals surface area contributed by atoms with Crippen LogP contribution >= 0.6 is 35.0 Å². The zero-order valence-electron chi connectivity index (χ0n) is 10.7. The average molecular weight is 305 g/mol. The number of hydrogen-bond acceptors (Lipinski definition) is 3. The Balaban J connectivity index is 2.16. The molecular formula is C13H18Cl2N2S. The summed E-state index contributed by atoms with van der Waals surface area (Å²) < 4.78 is 0.345. The van der Waals surface area contributed by atoms with Crippen molar-refractivity contribution >= 4 is 40.8 Å². The Labute approximate surface area is 123 Å². The van der Waals surface area contributed by atoms with Gasteiger partial charge in [-0.2, -0.15) is 11.8 Å². The van der Waals surface area contributed by atoms with E-state index in [9.17, 15) is 0 Å². The molecule has 1 aliphatic heterocycles. The maximum absolute atomic E-state index is 6.30. The van der Waals surface area contributed by atoms with Crippen LogP contribution in [0.2, 0.25) is 5.02 Å². The molecule has 2 nitrogen and oxygen atoms in total. The minimum absolute atomic E-state index is 0.345. The Morgan fingerprint density at radius 2 is 2.22 bits per heavy atom. The summed E-state index contributed by atoms with van der Waals surface area (Å²) in [4.78, 5) is 6.74. The number of anilines is 1. The smallest absolute Gasteiger partial charge is 0.147 e. The lowest BCUT2D eigenvalue weighted by Crippen LogP contribution is -2.28. The molecule has 0 atom stereocenters. The van der Waals surface area contributed by atoms with Crippen LogP contribution < -0.4 is 4.90 Å². The van der Waals surface area contributed by atoms with E-state index >= 15 is 0 Å². The van der Waals surface area contributed by atoms with E-state index in [-0.39, 0.29) is 0 Å². The van der Waals surface area contributed by atoms with E-state index in [1.165, 1.54) is 0 Å². The monoisotopic (exact) mass is 304 g/mol. The fourth-order valence-electron chi connectivity index (χ4n) is 2.01. The highest BCUT2D eigenvalue weighted by molar-refractivity contribution is 8.00. The maximum atomic E-state index is 6.30. The van der Waals surface area contributed by atoms with Crippen molar-refractivity contribution in [3.8, 4) is 0 Å². The number of alkyl halides is 1. The minimum atomic E-state index is 0.345. The van der Waals surface area contributed by atoms with Crippen LogP contribution in [0.1, 0.15) is 25.8 Å². The van der Waals surface area contributed by atoms with Crippen LogP contribution in [0.4, 0.5) is 5.82 Å².